The highest BCUT2D eigenvalue weighted by molar-refractivity contribution is 5.27. The van der Waals surface area contributed by atoms with Crippen LogP contribution in [0, 0.1) is 0 Å². The monoisotopic (exact) mass is 194 g/mol. The second-order valence-electron chi connectivity index (χ2n) is 3.49. The molecule has 1 aromatic rings. The molecular weight excluding hydrogens is 176 g/mol. The molecule has 1 aromatic carbocycles. The fourth-order valence-electron chi connectivity index (χ4n) is 1.47. The lowest BCUT2D eigenvalue weighted by molar-refractivity contribution is 0.164. The van der Waals surface area contributed by atoms with Crippen LogP contribution in [0.1, 0.15) is 25.3 Å². The Bertz CT molecular complexity index is 254. The first-order chi connectivity index (χ1) is 6.76. The topological polar surface area (TPSA) is 29.5 Å². The van der Waals surface area contributed by atoms with Crippen molar-refractivity contribution in [1.29, 1.82) is 0 Å². The van der Waals surface area contributed by atoms with Gasteiger partial charge in [0, 0.05) is 0 Å². The molecule has 0 aromatic heterocycles. The molecular formula is C12H18O2. The lowest BCUT2D eigenvalue weighted by Crippen LogP contribution is -2.09. The minimum atomic E-state index is -0.214. The van der Waals surface area contributed by atoms with Gasteiger partial charge in [-0.2, -0.15) is 0 Å². The normalized spacial score (nSPS) is 12.5. The third-order valence-electron chi connectivity index (χ3n) is 2.25. The fourth-order valence-corrected chi connectivity index (χ4v) is 1.47. The molecule has 0 aliphatic heterocycles. The maximum atomic E-state index is 9.60. The Morgan fingerprint density at radius 1 is 1.29 bits per heavy atom. The van der Waals surface area contributed by atoms with Crippen molar-refractivity contribution >= 4 is 0 Å². The summed E-state index contributed by atoms with van der Waals surface area (Å²) < 4.78 is 5.06. The van der Waals surface area contributed by atoms with E-state index < -0.39 is 0 Å². The van der Waals surface area contributed by atoms with Crippen molar-refractivity contribution in [2.24, 2.45) is 0 Å². The Morgan fingerprint density at radius 2 is 1.93 bits per heavy atom. The zero-order valence-electron chi connectivity index (χ0n) is 8.86. The maximum absolute atomic E-state index is 9.60. The van der Waals surface area contributed by atoms with Gasteiger partial charge < -0.3 is 9.84 Å². The van der Waals surface area contributed by atoms with E-state index in [1.807, 2.05) is 24.3 Å². The van der Waals surface area contributed by atoms with Gasteiger partial charge >= 0.3 is 0 Å². The largest absolute Gasteiger partial charge is 0.497 e. The number of hydrogen-bond acceptors (Lipinski definition) is 2. The molecule has 0 saturated heterocycles. The van der Waals surface area contributed by atoms with Crippen LogP contribution in [0.4, 0.5) is 0 Å². The first-order valence-corrected chi connectivity index (χ1v) is 5.07. The van der Waals surface area contributed by atoms with Gasteiger partial charge in [-0.25, -0.2) is 0 Å². The molecule has 0 fully saturated rings. The van der Waals surface area contributed by atoms with Gasteiger partial charge in [-0.05, 0) is 30.5 Å². The van der Waals surface area contributed by atoms with Crippen molar-refractivity contribution in [2.75, 3.05) is 7.11 Å². The highest BCUT2D eigenvalue weighted by atomic mass is 16.5. The van der Waals surface area contributed by atoms with Crippen LogP contribution in [0.3, 0.4) is 0 Å². The van der Waals surface area contributed by atoms with Crippen LogP contribution >= 0.6 is 0 Å². The van der Waals surface area contributed by atoms with Crippen molar-refractivity contribution in [2.45, 2.75) is 32.3 Å². The zero-order chi connectivity index (χ0) is 10.4. The average Bonchev–Trinajstić information content (AvgIpc) is 2.19. The molecule has 0 amide bonds. The number of rotatable bonds is 5. The van der Waals surface area contributed by atoms with Crippen LogP contribution in [-0.2, 0) is 6.42 Å². The Kier molecular flexibility index (Phi) is 4.47. The fraction of sp³-hybridized carbons (Fsp3) is 0.500. The predicted molar refractivity (Wildman–Crippen MR) is 57.6 cm³/mol. The summed E-state index contributed by atoms with van der Waals surface area (Å²) in [6.07, 6.45) is 2.41. The van der Waals surface area contributed by atoms with Crippen LogP contribution in [0.5, 0.6) is 5.75 Å². The van der Waals surface area contributed by atoms with E-state index in [-0.39, 0.29) is 6.10 Å². The SMILES string of the molecule is CCCC(O)Cc1ccc(OC)cc1. The van der Waals surface area contributed by atoms with Gasteiger partial charge in [0.1, 0.15) is 5.75 Å². The van der Waals surface area contributed by atoms with E-state index >= 15 is 0 Å². The molecule has 1 atom stereocenters. The summed E-state index contributed by atoms with van der Waals surface area (Å²) in [6.45, 7) is 2.08. The van der Waals surface area contributed by atoms with E-state index in [4.69, 9.17) is 4.74 Å². The van der Waals surface area contributed by atoms with Crippen LogP contribution in [0.15, 0.2) is 24.3 Å². The van der Waals surface area contributed by atoms with Crippen LogP contribution < -0.4 is 4.74 Å². The Hall–Kier alpha value is -1.02. The minimum Gasteiger partial charge on any atom is -0.497 e. The quantitative estimate of drug-likeness (QED) is 0.780. The molecule has 2 heteroatoms. The molecule has 0 aliphatic carbocycles. The van der Waals surface area contributed by atoms with Gasteiger partial charge in [-0.3, -0.25) is 0 Å². The maximum Gasteiger partial charge on any atom is 0.118 e. The first kappa shape index (κ1) is 11.1. The Balaban J connectivity index is 2.50. The van der Waals surface area contributed by atoms with E-state index in [0.29, 0.717) is 0 Å². The molecule has 1 N–H and O–H groups in total. The summed E-state index contributed by atoms with van der Waals surface area (Å²) in [4.78, 5) is 0. The number of methoxy groups -OCH3 is 1. The summed E-state index contributed by atoms with van der Waals surface area (Å²) in [7, 11) is 1.65. The molecule has 1 rings (SSSR count). The molecule has 0 bridgehead atoms. The number of aliphatic hydroxyl groups is 1. The van der Waals surface area contributed by atoms with Crippen LogP contribution in [-0.4, -0.2) is 18.3 Å². The third kappa shape index (κ3) is 3.38. The molecule has 1 unspecified atom stereocenters. The molecule has 0 spiro atoms. The molecule has 78 valence electrons. The molecule has 14 heavy (non-hydrogen) atoms. The summed E-state index contributed by atoms with van der Waals surface area (Å²) in [5, 5.41) is 9.60. The number of hydrogen-bond donors (Lipinski definition) is 1. The smallest absolute Gasteiger partial charge is 0.118 e. The lowest BCUT2D eigenvalue weighted by Gasteiger charge is -2.09. The average molecular weight is 194 g/mol. The zero-order valence-corrected chi connectivity index (χ0v) is 8.86. The summed E-state index contributed by atoms with van der Waals surface area (Å²) in [6, 6.07) is 7.84. The summed E-state index contributed by atoms with van der Waals surface area (Å²) in [5.41, 5.74) is 1.16. The standard InChI is InChI=1S/C12H18O2/c1-3-4-11(13)9-10-5-7-12(14-2)8-6-10/h5-8,11,13H,3-4,9H2,1-2H3. The lowest BCUT2D eigenvalue weighted by atomic mass is 10.0. The van der Waals surface area contributed by atoms with Crippen LogP contribution in [0.25, 0.3) is 0 Å². The van der Waals surface area contributed by atoms with Crippen molar-refractivity contribution < 1.29 is 9.84 Å². The summed E-state index contributed by atoms with van der Waals surface area (Å²) >= 11 is 0. The third-order valence-corrected chi connectivity index (χ3v) is 2.25. The molecule has 0 aliphatic rings. The van der Waals surface area contributed by atoms with Gasteiger partial charge in [-0.15, -0.1) is 0 Å². The van der Waals surface area contributed by atoms with E-state index in [0.717, 1.165) is 30.6 Å². The van der Waals surface area contributed by atoms with Gasteiger partial charge in [0.2, 0.25) is 0 Å². The van der Waals surface area contributed by atoms with Crippen LogP contribution in [0.2, 0.25) is 0 Å². The Morgan fingerprint density at radius 3 is 2.43 bits per heavy atom. The first-order valence-electron chi connectivity index (χ1n) is 5.07. The molecule has 0 saturated carbocycles. The van der Waals surface area contributed by atoms with Gasteiger partial charge in [0.15, 0.2) is 0 Å². The van der Waals surface area contributed by atoms with E-state index in [1.54, 1.807) is 7.11 Å². The number of benzene rings is 1. The highest BCUT2D eigenvalue weighted by Gasteiger charge is 2.03. The van der Waals surface area contributed by atoms with Gasteiger partial charge in [0.05, 0.1) is 13.2 Å². The second-order valence-corrected chi connectivity index (χ2v) is 3.49. The number of aliphatic hydroxyl groups excluding tert-OH is 1. The van der Waals surface area contributed by atoms with Crippen molar-refractivity contribution in [3.8, 4) is 5.75 Å². The molecule has 0 radical (unpaired) electrons. The van der Waals surface area contributed by atoms with E-state index in [1.165, 1.54) is 0 Å². The summed E-state index contributed by atoms with van der Waals surface area (Å²) in [5.74, 6) is 0.860. The van der Waals surface area contributed by atoms with Crippen molar-refractivity contribution in [3.05, 3.63) is 29.8 Å². The van der Waals surface area contributed by atoms with Crippen molar-refractivity contribution in [1.82, 2.24) is 0 Å². The van der Waals surface area contributed by atoms with Crippen molar-refractivity contribution in [3.63, 3.8) is 0 Å². The van der Waals surface area contributed by atoms with Gasteiger partial charge in [-0.1, -0.05) is 25.5 Å². The second kappa shape index (κ2) is 5.66. The van der Waals surface area contributed by atoms with E-state index in [2.05, 4.69) is 6.92 Å². The number of ether oxygens (including phenoxy) is 1. The minimum absolute atomic E-state index is 0.214. The Labute approximate surface area is 85.5 Å². The predicted octanol–water partition coefficient (Wildman–Crippen LogP) is 2.40. The molecule has 0 heterocycles. The highest BCUT2D eigenvalue weighted by Crippen LogP contribution is 2.13. The van der Waals surface area contributed by atoms with E-state index in [9.17, 15) is 5.11 Å². The van der Waals surface area contributed by atoms with Gasteiger partial charge in [0.25, 0.3) is 0 Å². The molecule has 2 nitrogen and oxygen atoms in total.